The lowest BCUT2D eigenvalue weighted by atomic mass is 9.95. The quantitative estimate of drug-likeness (QED) is 0.781. The van der Waals surface area contributed by atoms with Crippen LogP contribution in [0.15, 0.2) is 23.1 Å². The smallest absolute Gasteiger partial charge is 0.329 e. The molecular weight excluding hydrogens is 324 g/mol. The van der Waals surface area contributed by atoms with Gasteiger partial charge in [-0.05, 0) is 31.0 Å². The van der Waals surface area contributed by atoms with E-state index in [-0.39, 0.29) is 12.6 Å². The third kappa shape index (κ3) is 3.96. The van der Waals surface area contributed by atoms with Gasteiger partial charge in [0.2, 0.25) is 10.0 Å². The molecule has 0 radical (unpaired) electrons. The zero-order valence-corrected chi connectivity index (χ0v) is 13.0. The molecule has 0 aromatic heterocycles. The summed E-state index contributed by atoms with van der Waals surface area (Å²) in [6.07, 6.45) is -4.24. The first-order valence-electron chi connectivity index (χ1n) is 6.62. The number of benzene rings is 1. The Bertz CT molecular complexity index is 617. The number of nitrogens with two attached hydrogens (primary N) is 1. The lowest BCUT2D eigenvalue weighted by molar-refractivity contribution is -0.140. The van der Waals surface area contributed by atoms with Crippen molar-refractivity contribution in [2.24, 2.45) is 5.73 Å². The second-order valence-corrected chi connectivity index (χ2v) is 6.62. The predicted molar refractivity (Wildman–Crippen MR) is 74.1 cm³/mol. The van der Waals surface area contributed by atoms with Crippen LogP contribution in [-0.2, 0) is 16.2 Å². The minimum absolute atomic E-state index is 0.00739. The molecule has 0 amide bonds. The van der Waals surface area contributed by atoms with Gasteiger partial charge in [0, 0.05) is 12.1 Å². The van der Waals surface area contributed by atoms with Gasteiger partial charge in [-0.15, -0.1) is 0 Å². The van der Waals surface area contributed by atoms with E-state index >= 15 is 0 Å². The van der Waals surface area contributed by atoms with E-state index in [9.17, 15) is 26.0 Å². The molecule has 0 saturated carbocycles. The van der Waals surface area contributed by atoms with Crippen LogP contribution >= 0.6 is 0 Å². The van der Waals surface area contributed by atoms with Gasteiger partial charge in [0.15, 0.2) is 0 Å². The van der Waals surface area contributed by atoms with E-state index in [0.29, 0.717) is 18.9 Å². The molecule has 0 atom stereocenters. The van der Waals surface area contributed by atoms with Gasteiger partial charge in [-0.25, -0.2) is 17.5 Å². The van der Waals surface area contributed by atoms with Crippen LogP contribution in [0.25, 0.3) is 0 Å². The van der Waals surface area contributed by atoms with Crippen molar-refractivity contribution in [1.29, 1.82) is 0 Å². The first kappa shape index (κ1) is 18.9. The van der Waals surface area contributed by atoms with E-state index in [1.165, 1.54) is 0 Å². The standard InChI is InChI=1S/C13H18F4N2O2S/c1-3-12(4-2,8-18)19-22(20,21)9-5-6-11(14)10(7-9)13(15,16)17/h5-7,19H,3-4,8,18H2,1-2H3. The number of sulfonamides is 1. The zero-order valence-electron chi connectivity index (χ0n) is 12.2. The van der Waals surface area contributed by atoms with Crippen LogP contribution in [0.3, 0.4) is 0 Å². The van der Waals surface area contributed by atoms with Crippen molar-refractivity contribution < 1.29 is 26.0 Å². The molecule has 3 N–H and O–H groups in total. The van der Waals surface area contributed by atoms with Gasteiger partial charge < -0.3 is 5.73 Å². The largest absolute Gasteiger partial charge is 0.419 e. The van der Waals surface area contributed by atoms with Crippen molar-refractivity contribution in [3.63, 3.8) is 0 Å². The minimum Gasteiger partial charge on any atom is -0.329 e. The third-order valence-corrected chi connectivity index (χ3v) is 5.22. The molecule has 0 aliphatic carbocycles. The number of nitrogens with one attached hydrogen (secondary N) is 1. The fraction of sp³-hybridized carbons (Fsp3) is 0.538. The lowest BCUT2D eigenvalue weighted by Gasteiger charge is -2.31. The highest BCUT2D eigenvalue weighted by Crippen LogP contribution is 2.33. The Morgan fingerprint density at radius 1 is 1.18 bits per heavy atom. The Morgan fingerprint density at radius 3 is 2.14 bits per heavy atom. The van der Waals surface area contributed by atoms with E-state index in [1.54, 1.807) is 13.8 Å². The van der Waals surface area contributed by atoms with E-state index in [1.807, 2.05) is 0 Å². The van der Waals surface area contributed by atoms with Gasteiger partial charge >= 0.3 is 6.18 Å². The van der Waals surface area contributed by atoms with Gasteiger partial charge in [-0.1, -0.05) is 13.8 Å². The highest BCUT2D eigenvalue weighted by Gasteiger charge is 2.36. The third-order valence-electron chi connectivity index (χ3n) is 3.65. The first-order chi connectivity index (χ1) is 10.0. The van der Waals surface area contributed by atoms with Crippen molar-refractivity contribution in [2.75, 3.05) is 6.54 Å². The first-order valence-corrected chi connectivity index (χ1v) is 8.10. The Balaban J connectivity index is 3.30. The Morgan fingerprint density at radius 2 is 1.73 bits per heavy atom. The monoisotopic (exact) mass is 342 g/mol. The summed E-state index contributed by atoms with van der Waals surface area (Å²) in [4.78, 5) is -0.652. The Kier molecular flexibility index (Phi) is 5.58. The van der Waals surface area contributed by atoms with E-state index in [2.05, 4.69) is 4.72 Å². The summed E-state index contributed by atoms with van der Waals surface area (Å²) in [5.41, 5.74) is 2.99. The molecule has 0 fully saturated rings. The van der Waals surface area contributed by atoms with Crippen LogP contribution in [0.5, 0.6) is 0 Å². The molecule has 0 saturated heterocycles. The number of rotatable bonds is 6. The summed E-state index contributed by atoms with van der Waals surface area (Å²) in [5, 5.41) is 0. The van der Waals surface area contributed by atoms with E-state index in [0.717, 1.165) is 6.07 Å². The second-order valence-electron chi connectivity index (χ2n) is 4.94. The minimum atomic E-state index is -4.98. The average Bonchev–Trinajstić information content (AvgIpc) is 2.44. The molecule has 1 aromatic carbocycles. The molecule has 4 nitrogen and oxygen atoms in total. The summed E-state index contributed by atoms with van der Waals surface area (Å²) in [6, 6.07) is 1.56. The maximum absolute atomic E-state index is 13.2. The normalized spacial score (nSPS) is 13.4. The Labute approximate surface area is 126 Å². The maximum atomic E-state index is 13.2. The topological polar surface area (TPSA) is 72.2 Å². The highest BCUT2D eigenvalue weighted by atomic mass is 32.2. The van der Waals surface area contributed by atoms with Crippen LogP contribution in [-0.4, -0.2) is 20.5 Å². The van der Waals surface area contributed by atoms with Gasteiger partial charge in [0.25, 0.3) is 0 Å². The molecule has 0 bridgehead atoms. The van der Waals surface area contributed by atoms with Crippen molar-refractivity contribution in [2.45, 2.75) is 43.3 Å². The fourth-order valence-corrected chi connectivity index (χ4v) is 3.54. The predicted octanol–water partition coefficient (Wildman–Crippen LogP) is 2.64. The van der Waals surface area contributed by atoms with Crippen molar-refractivity contribution in [3.05, 3.63) is 29.6 Å². The van der Waals surface area contributed by atoms with Gasteiger partial charge in [-0.3, -0.25) is 0 Å². The molecule has 0 aliphatic rings. The highest BCUT2D eigenvalue weighted by molar-refractivity contribution is 7.89. The van der Waals surface area contributed by atoms with Gasteiger partial charge in [-0.2, -0.15) is 13.2 Å². The molecular formula is C13H18F4N2O2S. The lowest BCUT2D eigenvalue weighted by Crippen LogP contribution is -2.52. The van der Waals surface area contributed by atoms with E-state index in [4.69, 9.17) is 5.73 Å². The van der Waals surface area contributed by atoms with Crippen LogP contribution < -0.4 is 10.5 Å². The van der Waals surface area contributed by atoms with Crippen LogP contribution in [0, 0.1) is 5.82 Å². The number of alkyl halides is 3. The maximum Gasteiger partial charge on any atom is 0.419 e. The SMILES string of the molecule is CCC(CC)(CN)NS(=O)(=O)c1ccc(F)c(C(F)(F)F)c1. The van der Waals surface area contributed by atoms with Crippen LogP contribution in [0.2, 0.25) is 0 Å². The van der Waals surface area contributed by atoms with Crippen LogP contribution in [0.4, 0.5) is 17.6 Å². The number of hydrogen-bond acceptors (Lipinski definition) is 3. The summed E-state index contributed by atoms with van der Waals surface area (Å²) in [5.74, 6) is -1.53. The van der Waals surface area contributed by atoms with Crippen molar-refractivity contribution in [3.8, 4) is 0 Å². The number of halogens is 4. The average molecular weight is 342 g/mol. The number of hydrogen-bond donors (Lipinski definition) is 2. The van der Waals surface area contributed by atoms with Crippen molar-refractivity contribution >= 4 is 10.0 Å². The summed E-state index contributed by atoms with van der Waals surface area (Å²) >= 11 is 0. The summed E-state index contributed by atoms with van der Waals surface area (Å²) in [6.45, 7) is 3.42. The molecule has 22 heavy (non-hydrogen) atoms. The van der Waals surface area contributed by atoms with Crippen molar-refractivity contribution in [1.82, 2.24) is 4.72 Å². The Hall–Kier alpha value is -1.19. The van der Waals surface area contributed by atoms with E-state index < -0.39 is 38.0 Å². The van der Waals surface area contributed by atoms with Gasteiger partial charge in [0.05, 0.1) is 10.5 Å². The molecule has 1 rings (SSSR count). The fourth-order valence-electron chi connectivity index (χ4n) is 1.96. The van der Waals surface area contributed by atoms with Crippen LogP contribution in [0.1, 0.15) is 32.3 Å². The molecule has 0 spiro atoms. The van der Waals surface area contributed by atoms with Gasteiger partial charge in [0.1, 0.15) is 5.82 Å². The summed E-state index contributed by atoms with van der Waals surface area (Å²) < 4.78 is 78.1. The molecule has 1 aromatic rings. The molecule has 0 aliphatic heterocycles. The molecule has 0 unspecified atom stereocenters. The second kappa shape index (κ2) is 6.51. The molecule has 0 heterocycles. The molecule has 126 valence electrons. The summed E-state index contributed by atoms with van der Waals surface area (Å²) in [7, 11) is -4.25. The molecule has 9 heteroatoms. The zero-order chi connectivity index (χ0) is 17.2.